The minimum absolute atomic E-state index is 0.565. The van der Waals surface area contributed by atoms with Crippen LogP contribution in [0.25, 0.3) is 0 Å². The molecule has 1 spiro atoms. The molecule has 3 fully saturated rings. The average Bonchev–Trinajstić information content (AvgIpc) is 2.58. The number of hydrogen-bond donors (Lipinski definition) is 0. The molecular weight excluding hydrogens is 296 g/mol. The van der Waals surface area contributed by atoms with Crippen molar-refractivity contribution in [3.63, 3.8) is 0 Å². The summed E-state index contributed by atoms with van der Waals surface area (Å²) in [6, 6.07) is 0.787. The summed E-state index contributed by atoms with van der Waals surface area (Å²) in [4.78, 5) is 12.6. The van der Waals surface area contributed by atoms with Crippen LogP contribution >= 0.6 is 0 Å². The van der Waals surface area contributed by atoms with Crippen molar-refractivity contribution in [3.05, 3.63) is 24.3 Å². The number of amidine groups is 1. The quantitative estimate of drug-likeness (QED) is 0.725. The van der Waals surface area contributed by atoms with E-state index in [9.17, 15) is 0 Å². The highest BCUT2D eigenvalue weighted by atomic mass is 15.4. The Labute approximate surface area is 146 Å². The maximum atomic E-state index is 4.82. The average molecular weight is 326 g/mol. The van der Waals surface area contributed by atoms with Gasteiger partial charge in [0, 0.05) is 44.8 Å². The minimum Gasteiger partial charge on any atom is -0.359 e. The molecule has 1 saturated carbocycles. The molecule has 3 aliphatic heterocycles. The molecule has 24 heavy (non-hydrogen) atoms. The third kappa shape index (κ3) is 3.16. The van der Waals surface area contributed by atoms with Crippen molar-refractivity contribution in [2.45, 2.75) is 37.8 Å². The molecule has 2 atom stereocenters. The van der Waals surface area contributed by atoms with E-state index in [1.54, 1.807) is 6.92 Å². The van der Waals surface area contributed by atoms with Crippen LogP contribution in [0.3, 0.4) is 0 Å². The van der Waals surface area contributed by atoms with Gasteiger partial charge in [-0.25, -0.2) is 0 Å². The standard InChI is InChI=1S/C17H26N4.C3H4/c1-19-10-5-3-2-4-9-18-16(19)14-20-12-13-21-11-8-17(21)7-6-15(17)20;1-3-2/h2-5,15H,6-14H2,1H3;1H,2H3/b4-2-,5-3-,18-16?;. The van der Waals surface area contributed by atoms with E-state index in [1.165, 1.54) is 44.7 Å². The van der Waals surface area contributed by atoms with E-state index < -0.39 is 0 Å². The van der Waals surface area contributed by atoms with Gasteiger partial charge in [-0.1, -0.05) is 24.3 Å². The highest BCUT2D eigenvalue weighted by Crippen LogP contribution is 2.51. The first-order valence-corrected chi connectivity index (χ1v) is 9.14. The SMILES string of the molecule is C#CC.CN1C/C=C\C=C/CN=C1CN1CCN2CCC23CCC13. The maximum Gasteiger partial charge on any atom is 0.114 e. The number of hydrogen-bond acceptors (Lipinski definition) is 4. The topological polar surface area (TPSA) is 22.1 Å². The Bertz CT molecular complexity index is 567. The minimum atomic E-state index is 0.565. The van der Waals surface area contributed by atoms with Gasteiger partial charge in [-0.3, -0.25) is 14.8 Å². The molecule has 0 N–H and O–H groups in total. The first-order chi connectivity index (χ1) is 11.7. The van der Waals surface area contributed by atoms with Crippen molar-refractivity contribution in [1.82, 2.24) is 14.7 Å². The van der Waals surface area contributed by atoms with E-state index in [-0.39, 0.29) is 0 Å². The first-order valence-electron chi connectivity index (χ1n) is 9.14. The molecule has 130 valence electrons. The molecule has 4 rings (SSSR count). The van der Waals surface area contributed by atoms with Gasteiger partial charge in [-0.15, -0.1) is 12.3 Å². The monoisotopic (exact) mass is 326 g/mol. The van der Waals surface area contributed by atoms with Crippen LogP contribution in [-0.4, -0.2) is 78.4 Å². The van der Waals surface area contributed by atoms with Crippen LogP contribution in [0.2, 0.25) is 0 Å². The molecule has 4 heteroatoms. The number of piperazine rings is 1. The molecular formula is C20H30N4. The van der Waals surface area contributed by atoms with Crippen LogP contribution in [0.4, 0.5) is 0 Å². The lowest BCUT2D eigenvalue weighted by Crippen LogP contribution is -2.79. The van der Waals surface area contributed by atoms with Gasteiger partial charge in [-0.2, -0.15) is 0 Å². The Balaban J connectivity index is 0.000000526. The van der Waals surface area contributed by atoms with E-state index in [0.29, 0.717) is 5.54 Å². The first kappa shape index (κ1) is 17.3. The largest absolute Gasteiger partial charge is 0.359 e. The van der Waals surface area contributed by atoms with Crippen molar-refractivity contribution < 1.29 is 0 Å². The molecule has 0 aromatic rings. The summed E-state index contributed by atoms with van der Waals surface area (Å²) < 4.78 is 0. The van der Waals surface area contributed by atoms with E-state index in [0.717, 1.165) is 25.7 Å². The van der Waals surface area contributed by atoms with Gasteiger partial charge in [-0.05, 0) is 26.2 Å². The molecule has 4 nitrogen and oxygen atoms in total. The Morgan fingerprint density at radius 3 is 2.71 bits per heavy atom. The van der Waals surface area contributed by atoms with E-state index >= 15 is 0 Å². The van der Waals surface area contributed by atoms with E-state index in [2.05, 4.69) is 58.4 Å². The second-order valence-electron chi connectivity index (χ2n) is 7.15. The Hall–Kier alpha value is -1.57. The highest BCUT2D eigenvalue weighted by Gasteiger charge is 2.60. The van der Waals surface area contributed by atoms with Gasteiger partial charge in [0.2, 0.25) is 0 Å². The van der Waals surface area contributed by atoms with Crippen LogP contribution in [0.15, 0.2) is 29.3 Å². The van der Waals surface area contributed by atoms with Gasteiger partial charge in [0.05, 0.1) is 13.1 Å². The third-order valence-electron chi connectivity index (χ3n) is 5.94. The Morgan fingerprint density at radius 2 is 2.04 bits per heavy atom. The highest BCUT2D eigenvalue weighted by molar-refractivity contribution is 5.84. The third-order valence-corrected chi connectivity index (χ3v) is 5.94. The fourth-order valence-corrected chi connectivity index (χ4v) is 4.45. The van der Waals surface area contributed by atoms with Gasteiger partial charge in [0.1, 0.15) is 5.84 Å². The van der Waals surface area contributed by atoms with Gasteiger partial charge < -0.3 is 4.90 Å². The molecule has 0 amide bonds. The van der Waals surface area contributed by atoms with Gasteiger partial charge >= 0.3 is 0 Å². The number of allylic oxidation sites excluding steroid dienone is 2. The lowest BCUT2D eigenvalue weighted by atomic mass is 9.61. The summed E-state index contributed by atoms with van der Waals surface area (Å²) in [5.74, 6) is 3.50. The summed E-state index contributed by atoms with van der Waals surface area (Å²) in [5, 5.41) is 0. The van der Waals surface area contributed by atoms with Crippen molar-refractivity contribution in [2.24, 2.45) is 4.99 Å². The van der Waals surface area contributed by atoms with Crippen LogP contribution in [0.5, 0.6) is 0 Å². The van der Waals surface area contributed by atoms with Crippen molar-refractivity contribution >= 4 is 5.84 Å². The van der Waals surface area contributed by atoms with Crippen molar-refractivity contribution in [1.29, 1.82) is 0 Å². The van der Waals surface area contributed by atoms with Gasteiger partial charge in [0.15, 0.2) is 0 Å². The molecule has 0 bridgehead atoms. The molecule has 0 radical (unpaired) electrons. The number of aliphatic imine (C=N–C) groups is 1. The lowest BCUT2D eigenvalue weighted by molar-refractivity contribution is -0.170. The van der Waals surface area contributed by atoms with Crippen LogP contribution in [0, 0.1) is 12.3 Å². The van der Waals surface area contributed by atoms with Crippen molar-refractivity contribution in [3.8, 4) is 12.3 Å². The van der Waals surface area contributed by atoms with Crippen LogP contribution < -0.4 is 0 Å². The lowest BCUT2D eigenvalue weighted by Gasteiger charge is -2.69. The molecule has 0 aromatic carbocycles. The summed E-state index contributed by atoms with van der Waals surface area (Å²) in [6.07, 6.45) is 17.4. The zero-order valence-corrected chi connectivity index (χ0v) is 15.1. The Morgan fingerprint density at radius 1 is 1.25 bits per heavy atom. The smallest absolute Gasteiger partial charge is 0.114 e. The zero-order valence-electron chi connectivity index (χ0n) is 15.1. The molecule has 1 aliphatic carbocycles. The number of terminal acetylenes is 1. The fourth-order valence-electron chi connectivity index (χ4n) is 4.45. The van der Waals surface area contributed by atoms with Crippen LogP contribution in [-0.2, 0) is 0 Å². The second-order valence-corrected chi connectivity index (χ2v) is 7.15. The molecule has 2 unspecified atom stereocenters. The molecule has 3 heterocycles. The summed E-state index contributed by atoms with van der Waals surface area (Å²) in [6.45, 7) is 8.25. The zero-order chi connectivity index (χ0) is 17.0. The van der Waals surface area contributed by atoms with Crippen LogP contribution in [0.1, 0.15) is 26.2 Å². The second kappa shape index (κ2) is 7.55. The summed E-state index contributed by atoms with van der Waals surface area (Å²) in [5.41, 5.74) is 0.565. The summed E-state index contributed by atoms with van der Waals surface area (Å²) in [7, 11) is 2.17. The predicted molar refractivity (Wildman–Crippen MR) is 101 cm³/mol. The van der Waals surface area contributed by atoms with Crippen molar-refractivity contribution in [2.75, 3.05) is 46.3 Å². The van der Waals surface area contributed by atoms with E-state index in [1.807, 2.05) is 0 Å². The Kier molecular flexibility index (Phi) is 5.43. The number of nitrogens with zero attached hydrogens (tertiary/aromatic N) is 4. The molecule has 2 saturated heterocycles. The number of rotatable bonds is 2. The molecule has 4 aliphatic rings. The summed E-state index contributed by atoms with van der Waals surface area (Å²) >= 11 is 0. The number of likely N-dealkylation sites (N-methyl/N-ethyl adjacent to an activating group) is 1. The predicted octanol–water partition coefficient (Wildman–Crippen LogP) is 2.00. The normalized spacial score (nSPS) is 35.0. The maximum absolute atomic E-state index is 4.82. The fraction of sp³-hybridized carbons (Fsp3) is 0.650. The van der Waals surface area contributed by atoms with Gasteiger partial charge in [0.25, 0.3) is 0 Å². The molecule has 0 aromatic heterocycles. The van der Waals surface area contributed by atoms with E-state index in [4.69, 9.17) is 4.99 Å².